The molecule has 0 unspecified atom stereocenters. The van der Waals surface area contributed by atoms with Crippen molar-refractivity contribution < 1.29 is 43.3 Å². The predicted molar refractivity (Wildman–Crippen MR) is 217 cm³/mol. The summed E-state index contributed by atoms with van der Waals surface area (Å²) in [6.07, 6.45) is 15.4. The first-order valence-electron chi connectivity index (χ1n) is 17.8. The fraction of sp³-hybridized carbons (Fsp3) is 0.553. The Kier molecular flexibility index (Phi) is 24.0. The molecule has 0 aliphatic carbocycles. The van der Waals surface area contributed by atoms with Crippen LogP contribution in [0.3, 0.4) is 0 Å². The molecule has 16 heteroatoms. The molecule has 13 nitrogen and oxygen atoms in total. The third-order valence-electron chi connectivity index (χ3n) is 7.58. The molecule has 0 saturated heterocycles. The first-order chi connectivity index (χ1) is 25.5. The van der Waals surface area contributed by atoms with Gasteiger partial charge in [-0.25, -0.2) is 14.4 Å². The molecule has 0 aromatic heterocycles. The second-order valence-electron chi connectivity index (χ2n) is 13.5. The number of alkyl carbamates (subject to hydrolysis) is 1. The Balaban J connectivity index is 2.60. The largest absolute Gasteiger partial charge is 0.490 e. The van der Waals surface area contributed by atoms with E-state index >= 15 is 0 Å². The van der Waals surface area contributed by atoms with Crippen LogP contribution in [-0.4, -0.2) is 85.0 Å². The third kappa shape index (κ3) is 22.4. The number of rotatable bonds is 23. The molecule has 4 atom stereocenters. The van der Waals surface area contributed by atoms with E-state index in [1.807, 2.05) is 46.8 Å². The molecule has 1 aliphatic rings. The van der Waals surface area contributed by atoms with Crippen LogP contribution in [0.25, 0.3) is 0 Å². The third-order valence-corrected chi connectivity index (χ3v) is 10.3. The first-order valence-corrected chi connectivity index (χ1v) is 20.6. The second-order valence-corrected chi connectivity index (χ2v) is 16.8. The summed E-state index contributed by atoms with van der Waals surface area (Å²) in [5.74, 6) is 0.505. The summed E-state index contributed by atoms with van der Waals surface area (Å²) in [7, 11) is 4.75. The predicted octanol–water partition coefficient (Wildman–Crippen LogP) is 7.13. The summed E-state index contributed by atoms with van der Waals surface area (Å²) < 4.78 is 16.0. The van der Waals surface area contributed by atoms with Crippen molar-refractivity contribution in [1.82, 2.24) is 21.3 Å². The van der Waals surface area contributed by atoms with Crippen molar-refractivity contribution in [2.75, 3.05) is 31.7 Å². The number of carbonyl (C=O) groups excluding carboxylic acids is 4. The number of carboxylic acid groups (broad SMARTS) is 1. The zero-order chi connectivity index (χ0) is 40.5. The summed E-state index contributed by atoms with van der Waals surface area (Å²) >= 11 is 6.01. The lowest BCUT2D eigenvalue weighted by molar-refractivity contribution is -0.151. The van der Waals surface area contributed by atoms with Crippen LogP contribution in [0.5, 0.6) is 0 Å². The fourth-order valence-corrected chi connectivity index (χ4v) is 6.99. The first kappa shape index (κ1) is 48.2. The van der Waals surface area contributed by atoms with Gasteiger partial charge in [0.15, 0.2) is 5.76 Å². The highest BCUT2D eigenvalue weighted by atomic mass is 35.5. The highest BCUT2D eigenvalue weighted by Crippen LogP contribution is 2.24. The molecule has 1 rings (SSSR count). The SMILES string of the molecule is COC1=CC[C@@H]([C@@H](C)/C=C(C)/C=C\C=C/C(=O)N[C@H](C(=O)N/C=C\C[C@H](C/C=C(\C)Cl)OC(=O)NCCCSSCCCNC(=O)O)C(C)(C)C)OC1=O. The van der Waals surface area contributed by atoms with Crippen molar-refractivity contribution in [1.29, 1.82) is 0 Å². The average Bonchev–Trinajstić information content (AvgIpc) is 3.09. The number of carbonyl (C=O) groups is 5. The number of amides is 4. The normalized spacial score (nSPS) is 17.1. The Morgan fingerprint density at radius 2 is 1.70 bits per heavy atom. The van der Waals surface area contributed by atoms with E-state index < -0.39 is 47.5 Å². The number of allylic oxidation sites excluding steroid dienone is 5. The summed E-state index contributed by atoms with van der Waals surface area (Å²) in [5, 5.41) is 19.7. The Morgan fingerprint density at radius 3 is 2.30 bits per heavy atom. The van der Waals surface area contributed by atoms with E-state index in [0.29, 0.717) is 37.4 Å². The van der Waals surface area contributed by atoms with Crippen LogP contribution in [0.15, 0.2) is 71.2 Å². The van der Waals surface area contributed by atoms with Crippen LogP contribution in [0.4, 0.5) is 9.59 Å². The summed E-state index contributed by atoms with van der Waals surface area (Å²) in [6, 6.07) is -0.846. The van der Waals surface area contributed by atoms with E-state index in [-0.39, 0.29) is 17.8 Å². The molecule has 0 spiro atoms. The topological polar surface area (TPSA) is 181 Å². The number of cyclic esters (lactones) is 1. The van der Waals surface area contributed by atoms with Gasteiger partial charge in [-0.2, -0.15) is 0 Å². The maximum absolute atomic E-state index is 13.1. The molecule has 0 bridgehead atoms. The van der Waals surface area contributed by atoms with Gasteiger partial charge in [0, 0.05) is 60.9 Å². The molecule has 4 amide bonds. The Bertz CT molecular complexity index is 1420. The number of ether oxygens (including phenoxy) is 3. The van der Waals surface area contributed by atoms with Gasteiger partial charge in [0.25, 0.3) is 0 Å². The highest BCUT2D eigenvalue weighted by molar-refractivity contribution is 8.76. The van der Waals surface area contributed by atoms with Crippen LogP contribution in [0, 0.1) is 11.3 Å². The number of halogens is 1. The Labute approximate surface area is 332 Å². The number of hydrogen-bond acceptors (Lipinski definition) is 10. The van der Waals surface area contributed by atoms with Crippen LogP contribution < -0.4 is 21.3 Å². The fourth-order valence-electron chi connectivity index (χ4n) is 4.72. The molecule has 0 fully saturated rings. The van der Waals surface area contributed by atoms with Crippen LogP contribution in [0.1, 0.15) is 73.6 Å². The molecule has 1 aliphatic heterocycles. The molecular weight excluding hydrogens is 756 g/mol. The lowest BCUT2D eigenvalue weighted by Crippen LogP contribution is -2.52. The maximum Gasteiger partial charge on any atom is 0.407 e. The van der Waals surface area contributed by atoms with Gasteiger partial charge >= 0.3 is 18.2 Å². The minimum Gasteiger partial charge on any atom is -0.490 e. The maximum atomic E-state index is 13.1. The molecule has 54 heavy (non-hydrogen) atoms. The van der Waals surface area contributed by atoms with E-state index in [1.165, 1.54) is 19.4 Å². The smallest absolute Gasteiger partial charge is 0.407 e. The van der Waals surface area contributed by atoms with Gasteiger partial charge in [-0.15, -0.1) is 0 Å². The minimum absolute atomic E-state index is 0.0325. The van der Waals surface area contributed by atoms with Crippen molar-refractivity contribution in [3.63, 3.8) is 0 Å². The van der Waals surface area contributed by atoms with Gasteiger partial charge in [-0.3, -0.25) is 9.59 Å². The Morgan fingerprint density at radius 1 is 1.06 bits per heavy atom. The van der Waals surface area contributed by atoms with Gasteiger partial charge in [0.1, 0.15) is 18.2 Å². The minimum atomic E-state index is -1.02. The molecule has 0 aromatic rings. The van der Waals surface area contributed by atoms with E-state index in [9.17, 15) is 24.0 Å². The highest BCUT2D eigenvalue weighted by Gasteiger charge is 2.32. The van der Waals surface area contributed by atoms with Gasteiger partial charge < -0.3 is 40.6 Å². The van der Waals surface area contributed by atoms with Gasteiger partial charge in [-0.05, 0) is 44.4 Å². The van der Waals surface area contributed by atoms with Gasteiger partial charge in [0.05, 0.1) is 7.11 Å². The molecule has 0 radical (unpaired) electrons. The summed E-state index contributed by atoms with van der Waals surface area (Å²) in [6.45, 7) is 12.0. The van der Waals surface area contributed by atoms with Crippen LogP contribution in [-0.2, 0) is 28.6 Å². The van der Waals surface area contributed by atoms with Crippen molar-refractivity contribution in [3.8, 4) is 0 Å². The van der Waals surface area contributed by atoms with E-state index in [0.717, 1.165) is 29.9 Å². The Hall–Kier alpha value is -3.82. The monoisotopic (exact) mass is 812 g/mol. The standard InChI is InChI=1S/C38H57ClN4O9S2/c1-26(25-27(2)30-18-19-31(50-7)35(46)52-30)13-8-9-15-32(44)43-33(38(4,5)6)34(45)40-20-10-14-29(17-16-28(3)39)51-37(49)42-22-12-24-54-53-23-11-21-41-36(47)48/h8-10,13,15-16,19-20,25,27,29-30,33,41H,11-12,14,17-18,21-24H2,1-7H3,(H,40,45)(H,42,49)(H,43,44)(H,47,48)/b13-8-,15-9-,20-10-,26-25+,28-16+/t27-,29+,30-,33+/m0/s1. The van der Waals surface area contributed by atoms with Crippen LogP contribution in [0.2, 0.25) is 0 Å². The van der Waals surface area contributed by atoms with Crippen molar-refractivity contribution in [2.24, 2.45) is 11.3 Å². The summed E-state index contributed by atoms with van der Waals surface area (Å²) in [4.78, 5) is 60.8. The zero-order valence-corrected chi connectivity index (χ0v) is 34.7. The number of nitrogens with one attached hydrogen (secondary N) is 4. The number of hydrogen-bond donors (Lipinski definition) is 5. The molecule has 0 aromatic carbocycles. The van der Waals surface area contributed by atoms with E-state index in [2.05, 4.69) is 21.3 Å². The second kappa shape index (κ2) is 26.9. The van der Waals surface area contributed by atoms with E-state index in [4.69, 9.17) is 30.9 Å². The lowest BCUT2D eigenvalue weighted by atomic mass is 9.86. The van der Waals surface area contributed by atoms with Gasteiger partial charge in [-0.1, -0.05) is 103 Å². The van der Waals surface area contributed by atoms with Gasteiger partial charge in [0.2, 0.25) is 11.8 Å². The van der Waals surface area contributed by atoms with Crippen molar-refractivity contribution >= 4 is 63.2 Å². The van der Waals surface area contributed by atoms with E-state index in [1.54, 1.807) is 58.9 Å². The lowest BCUT2D eigenvalue weighted by Gasteiger charge is -2.29. The molecular formula is C38H57ClN4O9S2. The van der Waals surface area contributed by atoms with Crippen molar-refractivity contribution in [3.05, 3.63) is 71.2 Å². The molecule has 0 saturated carbocycles. The molecule has 1 heterocycles. The summed E-state index contributed by atoms with van der Waals surface area (Å²) in [5.41, 5.74) is 0.325. The number of esters is 1. The molecule has 302 valence electrons. The average molecular weight is 813 g/mol. The zero-order valence-electron chi connectivity index (χ0n) is 32.3. The molecule has 5 N–H and O–H groups in total. The van der Waals surface area contributed by atoms with Crippen molar-refractivity contribution in [2.45, 2.75) is 91.9 Å². The number of methoxy groups -OCH3 is 1. The van der Waals surface area contributed by atoms with Crippen LogP contribution >= 0.6 is 33.2 Å². The quantitative estimate of drug-likeness (QED) is 0.0233.